The van der Waals surface area contributed by atoms with Gasteiger partial charge in [-0.25, -0.2) is 9.59 Å². The molecule has 1 aliphatic carbocycles. The van der Waals surface area contributed by atoms with E-state index in [-0.39, 0.29) is 23.8 Å². The topological polar surface area (TPSA) is 95.9 Å². The third kappa shape index (κ3) is 6.02. The van der Waals surface area contributed by atoms with E-state index < -0.39 is 30.1 Å². The molecule has 0 radical (unpaired) electrons. The van der Waals surface area contributed by atoms with Gasteiger partial charge in [0.15, 0.2) is 0 Å². The van der Waals surface area contributed by atoms with Crippen molar-refractivity contribution in [3.63, 3.8) is 0 Å². The minimum atomic E-state index is -1.04. The third-order valence-corrected chi connectivity index (χ3v) is 6.73. The van der Waals surface area contributed by atoms with Gasteiger partial charge in [-0.2, -0.15) is 0 Å². The van der Waals surface area contributed by atoms with E-state index in [1.807, 2.05) is 45.0 Å². The average Bonchev–Trinajstić information content (AvgIpc) is 3.12. The molecule has 0 saturated heterocycles. The molecule has 0 aromatic heterocycles. The van der Waals surface area contributed by atoms with Crippen molar-refractivity contribution in [2.24, 2.45) is 11.3 Å². The summed E-state index contributed by atoms with van der Waals surface area (Å²) in [5.41, 5.74) is 4.29. The lowest BCUT2D eigenvalue weighted by molar-refractivity contribution is -0.152. The fraction of sp³-hybridized carbons (Fsp3) is 0.464. The Labute approximate surface area is 207 Å². The number of alkyl carbamates (subject to hydrolysis) is 1. The molecule has 0 saturated carbocycles. The number of aliphatic carboxylic acids is 1. The predicted molar refractivity (Wildman–Crippen MR) is 135 cm³/mol. The highest BCUT2D eigenvalue weighted by molar-refractivity contribution is 5.85. The number of nitrogens with one attached hydrogen (secondary N) is 1. The first kappa shape index (κ1) is 26.3. The van der Waals surface area contributed by atoms with Gasteiger partial charge in [-0.15, -0.1) is 0 Å². The van der Waals surface area contributed by atoms with Crippen molar-refractivity contribution < 1.29 is 24.2 Å². The summed E-state index contributed by atoms with van der Waals surface area (Å²) in [7, 11) is 1.50. The van der Waals surface area contributed by atoms with Gasteiger partial charge >= 0.3 is 12.1 Å². The van der Waals surface area contributed by atoms with Crippen LogP contribution >= 0.6 is 0 Å². The molecule has 3 unspecified atom stereocenters. The van der Waals surface area contributed by atoms with Crippen LogP contribution in [0.1, 0.15) is 58.1 Å². The van der Waals surface area contributed by atoms with Crippen LogP contribution in [0.2, 0.25) is 0 Å². The second kappa shape index (κ2) is 10.5. The summed E-state index contributed by atoms with van der Waals surface area (Å²) >= 11 is 0. The average molecular weight is 481 g/mol. The summed E-state index contributed by atoms with van der Waals surface area (Å²) in [6, 6.07) is 14.7. The van der Waals surface area contributed by atoms with E-state index in [1.54, 1.807) is 13.8 Å². The summed E-state index contributed by atoms with van der Waals surface area (Å²) in [6.07, 6.45) is -0.281. The zero-order valence-electron chi connectivity index (χ0n) is 21.4. The molecule has 0 heterocycles. The van der Waals surface area contributed by atoms with Crippen molar-refractivity contribution in [1.29, 1.82) is 0 Å². The van der Waals surface area contributed by atoms with Crippen LogP contribution < -0.4 is 5.32 Å². The lowest BCUT2D eigenvalue weighted by atomic mass is 9.87. The standard InChI is InChI=1S/C28H36N2O5/c1-17(25(31)30(6)24(26(32)33)15-28(3,4)5)18(2)29-27(34)35-16-23-21-13-9-7-11-19(21)20-12-8-10-14-22(20)23/h7-14,17-18,23-24H,15-16H2,1-6H3,(H,29,34)(H,32,33). The molecule has 0 bridgehead atoms. The van der Waals surface area contributed by atoms with E-state index in [1.165, 1.54) is 11.9 Å². The van der Waals surface area contributed by atoms with Crippen molar-refractivity contribution in [1.82, 2.24) is 10.2 Å². The number of amides is 2. The van der Waals surface area contributed by atoms with E-state index >= 15 is 0 Å². The molecule has 2 aromatic rings. The number of fused-ring (bicyclic) bond motifs is 3. The van der Waals surface area contributed by atoms with Gasteiger partial charge in [0, 0.05) is 19.0 Å². The van der Waals surface area contributed by atoms with Crippen molar-refractivity contribution >= 4 is 18.0 Å². The predicted octanol–water partition coefficient (Wildman–Crippen LogP) is 4.90. The number of carboxylic acids is 1. The molecule has 7 nitrogen and oxygen atoms in total. The number of likely N-dealkylation sites (N-methyl/N-ethyl adjacent to an activating group) is 1. The maximum atomic E-state index is 13.0. The maximum Gasteiger partial charge on any atom is 0.407 e. The molecule has 2 amide bonds. The molecule has 188 valence electrons. The summed E-state index contributed by atoms with van der Waals surface area (Å²) in [6.45, 7) is 9.39. The van der Waals surface area contributed by atoms with Crippen LogP contribution in [0.15, 0.2) is 48.5 Å². The fourth-order valence-electron chi connectivity index (χ4n) is 4.61. The Hall–Kier alpha value is -3.35. The number of benzene rings is 2. The van der Waals surface area contributed by atoms with E-state index in [2.05, 4.69) is 29.6 Å². The van der Waals surface area contributed by atoms with E-state index in [0.717, 1.165) is 22.3 Å². The monoisotopic (exact) mass is 480 g/mol. The zero-order valence-corrected chi connectivity index (χ0v) is 21.4. The highest BCUT2D eigenvalue weighted by Gasteiger charge is 2.35. The van der Waals surface area contributed by atoms with Crippen LogP contribution in [0.3, 0.4) is 0 Å². The van der Waals surface area contributed by atoms with Crippen LogP contribution in [-0.4, -0.2) is 53.7 Å². The Balaban J connectivity index is 1.60. The maximum absolute atomic E-state index is 13.0. The van der Waals surface area contributed by atoms with Gasteiger partial charge in [-0.05, 0) is 41.0 Å². The van der Waals surface area contributed by atoms with Crippen LogP contribution in [-0.2, 0) is 14.3 Å². The largest absolute Gasteiger partial charge is 0.480 e. The second-order valence-corrected chi connectivity index (χ2v) is 10.6. The van der Waals surface area contributed by atoms with Crippen molar-refractivity contribution in [2.75, 3.05) is 13.7 Å². The van der Waals surface area contributed by atoms with Crippen LogP contribution in [0.25, 0.3) is 11.1 Å². The summed E-state index contributed by atoms with van der Waals surface area (Å²) < 4.78 is 5.58. The first-order valence-corrected chi connectivity index (χ1v) is 12.0. The lowest BCUT2D eigenvalue weighted by Crippen LogP contribution is -2.50. The van der Waals surface area contributed by atoms with Crippen molar-refractivity contribution in [2.45, 2.75) is 59.0 Å². The number of ether oxygens (including phenoxy) is 1. The molecule has 7 heteroatoms. The van der Waals surface area contributed by atoms with Gasteiger partial charge < -0.3 is 20.1 Å². The minimum absolute atomic E-state index is 0.0534. The Morgan fingerprint density at radius 1 is 1.00 bits per heavy atom. The molecule has 3 rings (SSSR count). The van der Waals surface area contributed by atoms with Crippen LogP contribution in [0.4, 0.5) is 4.79 Å². The molecular formula is C28H36N2O5. The molecule has 2 aromatic carbocycles. The molecule has 0 fully saturated rings. The Bertz CT molecular complexity index is 1050. The summed E-state index contributed by atoms with van der Waals surface area (Å²) in [4.78, 5) is 38.7. The quantitative estimate of drug-likeness (QED) is 0.560. The fourth-order valence-corrected chi connectivity index (χ4v) is 4.61. The van der Waals surface area contributed by atoms with Crippen LogP contribution in [0.5, 0.6) is 0 Å². The summed E-state index contributed by atoms with van der Waals surface area (Å²) in [5, 5.41) is 12.4. The molecule has 3 atom stereocenters. The normalized spacial score (nSPS) is 15.4. The zero-order chi connectivity index (χ0) is 25.9. The molecule has 0 aliphatic heterocycles. The number of nitrogens with zero attached hydrogens (tertiary/aromatic N) is 1. The van der Waals surface area contributed by atoms with Crippen LogP contribution in [0, 0.1) is 11.3 Å². The number of carbonyl (C=O) groups excluding carboxylic acids is 2. The SMILES string of the molecule is CC(NC(=O)OCC1c2ccccc2-c2ccccc21)C(C)C(=O)N(C)C(CC(C)(C)C)C(=O)O. The first-order valence-electron chi connectivity index (χ1n) is 12.0. The molecule has 0 spiro atoms. The smallest absolute Gasteiger partial charge is 0.407 e. The highest BCUT2D eigenvalue weighted by Crippen LogP contribution is 2.44. The van der Waals surface area contributed by atoms with Gasteiger partial charge in [0.05, 0.1) is 5.92 Å². The van der Waals surface area contributed by atoms with Gasteiger partial charge in [0.1, 0.15) is 12.6 Å². The third-order valence-electron chi connectivity index (χ3n) is 6.73. The number of hydrogen-bond acceptors (Lipinski definition) is 4. The number of hydrogen-bond donors (Lipinski definition) is 2. The van der Waals surface area contributed by atoms with E-state index in [9.17, 15) is 19.5 Å². The number of carboxylic acid groups (broad SMARTS) is 1. The molecular weight excluding hydrogens is 444 g/mol. The van der Waals surface area contributed by atoms with Gasteiger partial charge in [0.25, 0.3) is 0 Å². The van der Waals surface area contributed by atoms with Gasteiger partial charge in [0.2, 0.25) is 5.91 Å². The summed E-state index contributed by atoms with van der Waals surface area (Å²) in [5.74, 6) is -2.06. The Morgan fingerprint density at radius 3 is 2.00 bits per heavy atom. The molecule has 35 heavy (non-hydrogen) atoms. The lowest BCUT2D eigenvalue weighted by Gasteiger charge is -2.33. The Morgan fingerprint density at radius 2 is 1.51 bits per heavy atom. The Kier molecular flexibility index (Phi) is 7.88. The molecule has 1 aliphatic rings. The number of rotatable bonds is 8. The highest BCUT2D eigenvalue weighted by atomic mass is 16.5. The first-order chi connectivity index (χ1) is 16.4. The van der Waals surface area contributed by atoms with Crippen molar-refractivity contribution in [3.8, 4) is 11.1 Å². The molecule has 2 N–H and O–H groups in total. The van der Waals surface area contributed by atoms with Gasteiger partial charge in [-0.1, -0.05) is 76.2 Å². The van der Waals surface area contributed by atoms with Crippen molar-refractivity contribution in [3.05, 3.63) is 59.7 Å². The minimum Gasteiger partial charge on any atom is -0.480 e. The number of carbonyl (C=O) groups is 3. The van der Waals surface area contributed by atoms with Gasteiger partial charge in [-0.3, -0.25) is 4.79 Å². The van der Waals surface area contributed by atoms with E-state index in [0.29, 0.717) is 6.42 Å². The second-order valence-electron chi connectivity index (χ2n) is 10.6. The van der Waals surface area contributed by atoms with E-state index in [4.69, 9.17) is 4.74 Å².